The monoisotopic (exact) mass is 292 g/mol. The fraction of sp³-hybridized carbons (Fsp3) is 0.562. The summed E-state index contributed by atoms with van der Waals surface area (Å²) in [4.78, 5) is 14.5. The minimum atomic E-state index is -0.268. The van der Waals surface area contributed by atoms with E-state index in [1.165, 1.54) is 7.11 Å². The van der Waals surface area contributed by atoms with Gasteiger partial charge in [0.1, 0.15) is 0 Å². The molecule has 116 valence electrons. The maximum absolute atomic E-state index is 12.7. The Morgan fingerprint density at radius 3 is 2.86 bits per heavy atom. The molecule has 0 spiro atoms. The molecule has 0 saturated carbocycles. The van der Waals surface area contributed by atoms with Crippen molar-refractivity contribution < 1.29 is 14.6 Å². The highest BCUT2D eigenvalue weighted by atomic mass is 16.5. The number of amides is 1. The molecule has 1 atom stereocenters. The first kappa shape index (κ1) is 15.6. The zero-order chi connectivity index (χ0) is 15.5. The summed E-state index contributed by atoms with van der Waals surface area (Å²) in [7, 11) is 3.35. The highest BCUT2D eigenvalue weighted by Crippen LogP contribution is 2.32. The third kappa shape index (κ3) is 3.13. The Hall–Kier alpha value is -1.75. The van der Waals surface area contributed by atoms with Gasteiger partial charge in [0.05, 0.1) is 12.5 Å². The fourth-order valence-corrected chi connectivity index (χ4v) is 2.95. The summed E-state index contributed by atoms with van der Waals surface area (Å²) in [6.45, 7) is 4.24. The summed E-state index contributed by atoms with van der Waals surface area (Å²) < 4.78 is 5.11. The molecule has 0 bridgehead atoms. The summed E-state index contributed by atoms with van der Waals surface area (Å²) in [6.07, 6.45) is 1.74. The molecule has 0 radical (unpaired) electrons. The molecule has 1 unspecified atom stereocenters. The van der Waals surface area contributed by atoms with Crippen LogP contribution in [0.15, 0.2) is 18.2 Å². The Balaban J connectivity index is 2.10. The van der Waals surface area contributed by atoms with Gasteiger partial charge in [-0.25, -0.2) is 0 Å². The molecule has 1 aromatic carbocycles. The van der Waals surface area contributed by atoms with E-state index in [1.807, 2.05) is 13.1 Å². The van der Waals surface area contributed by atoms with Crippen LogP contribution in [-0.4, -0.2) is 43.2 Å². The number of aromatic hydroxyl groups is 1. The number of carbonyl (C=O) groups excluding carboxylic acids is 1. The van der Waals surface area contributed by atoms with Crippen molar-refractivity contribution in [3.63, 3.8) is 0 Å². The quantitative estimate of drug-likeness (QED) is 0.868. The van der Waals surface area contributed by atoms with Gasteiger partial charge in [0.2, 0.25) is 5.91 Å². The summed E-state index contributed by atoms with van der Waals surface area (Å²) in [6, 6.07) is 5.18. The predicted molar refractivity (Wildman–Crippen MR) is 81.3 cm³/mol. The summed E-state index contributed by atoms with van der Waals surface area (Å²) in [5.41, 5.74) is 0.674. The Labute approximate surface area is 125 Å². The highest BCUT2D eigenvalue weighted by molar-refractivity contribution is 5.83. The minimum absolute atomic E-state index is 0.111. The van der Waals surface area contributed by atoms with Gasteiger partial charge >= 0.3 is 0 Å². The summed E-state index contributed by atoms with van der Waals surface area (Å²) in [5, 5.41) is 12.9. The fourth-order valence-electron chi connectivity index (χ4n) is 2.95. The lowest BCUT2D eigenvalue weighted by Gasteiger charge is -2.31. The zero-order valence-electron chi connectivity index (χ0n) is 13.0. The Morgan fingerprint density at radius 1 is 1.52 bits per heavy atom. The molecule has 0 aromatic heterocycles. The van der Waals surface area contributed by atoms with E-state index in [1.54, 1.807) is 17.0 Å². The number of ether oxygens (including phenoxy) is 1. The molecule has 1 saturated heterocycles. The van der Waals surface area contributed by atoms with Crippen LogP contribution in [0.2, 0.25) is 0 Å². The number of benzene rings is 1. The number of methoxy groups -OCH3 is 1. The third-order valence-electron chi connectivity index (χ3n) is 4.38. The van der Waals surface area contributed by atoms with Gasteiger partial charge < -0.3 is 20.1 Å². The maximum Gasteiger partial charge on any atom is 0.230 e. The van der Waals surface area contributed by atoms with Crippen molar-refractivity contribution in [3.05, 3.63) is 23.8 Å². The van der Waals surface area contributed by atoms with Crippen LogP contribution in [0.5, 0.6) is 11.5 Å². The number of hydrogen-bond donors (Lipinski definition) is 2. The lowest BCUT2D eigenvalue weighted by atomic mass is 9.83. The Morgan fingerprint density at radius 2 is 2.29 bits per heavy atom. The van der Waals surface area contributed by atoms with Crippen molar-refractivity contribution in [2.24, 2.45) is 5.41 Å². The van der Waals surface area contributed by atoms with Crippen LogP contribution in [0.4, 0.5) is 0 Å². The average Bonchev–Trinajstić information content (AvgIpc) is 2.98. The molecule has 1 aliphatic rings. The molecule has 5 nitrogen and oxygen atoms in total. The molecule has 1 heterocycles. The second-order valence-corrected chi connectivity index (χ2v) is 5.73. The topological polar surface area (TPSA) is 61.8 Å². The van der Waals surface area contributed by atoms with E-state index in [0.29, 0.717) is 12.3 Å². The molecule has 1 aliphatic heterocycles. The number of rotatable bonds is 5. The van der Waals surface area contributed by atoms with E-state index >= 15 is 0 Å². The molecule has 1 amide bonds. The van der Waals surface area contributed by atoms with Gasteiger partial charge in [0.25, 0.3) is 0 Å². The van der Waals surface area contributed by atoms with Gasteiger partial charge in [-0.2, -0.15) is 0 Å². The van der Waals surface area contributed by atoms with E-state index < -0.39 is 0 Å². The van der Waals surface area contributed by atoms with Gasteiger partial charge in [0.15, 0.2) is 11.5 Å². The molecular weight excluding hydrogens is 268 g/mol. The number of nitrogens with zero attached hydrogens (tertiary/aromatic N) is 1. The van der Waals surface area contributed by atoms with E-state index in [-0.39, 0.29) is 17.1 Å². The second kappa shape index (κ2) is 6.35. The predicted octanol–water partition coefficient (Wildman–Crippen LogP) is 1.75. The van der Waals surface area contributed by atoms with Gasteiger partial charge in [-0.05, 0) is 37.1 Å². The largest absolute Gasteiger partial charge is 0.504 e. The van der Waals surface area contributed by atoms with Crippen molar-refractivity contribution in [1.29, 1.82) is 0 Å². The SMILES string of the molecule is CCC1(C(=O)N(C)Cc2ccc(O)c(OC)c2)CCNC1. The van der Waals surface area contributed by atoms with Gasteiger partial charge in [-0.3, -0.25) is 4.79 Å². The molecule has 2 rings (SSSR count). The van der Waals surface area contributed by atoms with Gasteiger partial charge in [0, 0.05) is 20.1 Å². The first-order chi connectivity index (χ1) is 10.0. The number of nitrogens with one attached hydrogen (secondary N) is 1. The van der Waals surface area contributed by atoms with Crippen LogP contribution >= 0.6 is 0 Å². The molecule has 21 heavy (non-hydrogen) atoms. The summed E-state index contributed by atoms with van der Waals surface area (Å²) >= 11 is 0. The lowest BCUT2D eigenvalue weighted by Crippen LogP contribution is -2.42. The van der Waals surface area contributed by atoms with Crippen molar-refractivity contribution in [2.45, 2.75) is 26.3 Å². The average molecular weight is 292 g/mol. The summed E-state index contributed by atoms with van der Waals surface area (Å²) in [5.74, 6) is 0.725. The molecule has 2 N–H and O–H groups in total. The van der Waals surface area contributed by atoms with E-state index in [0.717, 1.165) is 31.5 Å². The van der Waals surface area contributed by atoms with Crippen molar-refractivity contribution in [2.75, 3.05) is 27.2 Å². The van der Waals surface area contributed by atoms with Crippen LogP contribution < -0.4 is 10.1 Å². The van der Waals surface area contributed by atoms with Crippen molar-refractivity contribution >= 4 is 5.91 Å². The number of hydrogen-bond acceptors (Lipinski definition) is 4. The number of phenolic OH excluding ortho intramolecular Hbond substituents is 1. The molecule has 1 fully saturated rings. The molecule has 0 aliphatic carbocycles. The van der Waals surface area contributed by atoms with Crippen molar-refractivity contribution in [3.8, 4) is 11.5 Å². The smallest absolute Gasteiger partial charge is 0.230 e. The van der Waals surface area contributed by atoms with E-state index in [9.17, 15) is 9.90 Å². The highest BCUT2D eigenvalue weighted by Gasteiger charge is 2.41. The van der Waals surface area contributed by atoms with Gasteiger partial charge in [-0.15, -0.1) is 0 Å². The van der Waals surface area contributed by atoms with Crippen LogP contribution in [0, 0.1) is 5.41 Å². The normalized spacial score (nSPS) is 21.3. The standard InChI is InChI=1S/C16H24N2O3/c1-4-16(7-8-17-11-16)15(20)18(2)10-12-5-6-13(19)14(9-12)21-3/h5-6,9,17,19H,4,7-8,10-11H2,1-3H3. The van der Waals surface area contributed by atoms with E-state index in [2.05, 4.69) is 12.2 Å². The minimum Gasteiger partial charge on any atom is -0.504 e. The molecule has 1 aromatic rings. The second-order valence-electron chi connectivity index (χ2n) is 5.73. The van der Waals surface area contributed by atoms with Crippen LogP contribution in [0.25, 0.3) is 0 Å². The third-order valence-corrected chi connectivity index (χ3v) is 4.38. The van der Waals surface area contributed by atoms with Crippen LogP contribution in [0.1, 0.15) is 25.3 Å². The Bertz CT molecular complexity index is 510. The van der Waals surface area contributed by atoms with Crippen LogP contribution in [-0.2, 0) is 11.3 Å². The van der Waals surface area contributed by atoms with Crippen LogP contribution in [0.3, 0.4) is 0 Å². The Kier molecular flexibility index (Phi) is 4.73. The molecular formula is C16H24N2O3. The van der Waals surface area contributed by atoms with E-state index in [4.69, 9.17) is 4.74 Å². The maximum atomic E-state index is 12.7. The zero-order valence-corrected chi connectivity index (χ0v) is 13.0. The number of carbonyl (C=O) groups is 1. The lowest BCUT2D eigenvalue weighted by molar-refractivity contribution is -0.140. The first-order valence-corrected chi connectivity index (χ1v) is 7.34. The van der Waals surface area contributed by atoms with Crippen molar-refractivity contribution in [1.82, 2.24) is 10.2 Å². The van der Waals surface area contributed by atoms with Gasteiger partial charge in [-0.1, -0.05) is 13.0 Å². The first-order valence-electron chi connectivity index (χ1n) is 7.34. The molecule has 5 heteroatoms. The number of phenols is 1.